The lowest BCUT2D eigenvalue weighted by atomic mass is 10.0. The van der Waals surface area contributed by atoms with Crippen molar-refractivity contribution < 1.29 is 32.0 Å². The Morgan fingerprint density at radius 2 is 1.74 bits per heavy atom. The number of carbonyl (C=O) groups is 4. The average Bonchev–Trinajstić information content (AvgIpc) is 3.38. The van der Waals surface area contributed by atoms with E-state index >= 15 is 0 Å². The monoisotopic (exact) mass is 654 g/mol. The van der Waals surface area contributed by atoms with Gasteiger partial charge in [0.1, 0.15) is 12.1 Å². The van der Waals surface area contributed by atoms with Crippen molar-refractivity contribution in [2.24, 2.45) is 5.92 Å². The number of sulfonamides is 1. The molecule has 4 amide bonds. The molecule has 1 saturated heterocycles. The number of hydrogen-bond acceptors (Lipinski definition) is 8. The van der Waals surface area contributed by atoms with Crippen molar-refractivity contribution in [1.82, 2.24) is 20.3 Å². The zero-order chi connectivity index (χ0) is 32.6. The number of thioether (sulfide) groups is 1. The molecule has 0 spiro atoms. The third-order valence-corrected chi connectivity index (χ3v) is 13.6. The minimum atomic E-state index is -3.79. The Kier molecular flexibility index (Phi) is 13.0. The molecule has 0 bridgehead atoms. The topological polar surface area (TPSA) is 151 Å². The SMILES string of the molecule is CC(C)[C@H](NC(=O)/C=C/c1ccccc1)C(=O)N1CSC[C@H]1C(=O)N[C@H](CO[Si](C)(C)C(C)(C)C)CC(=O)NS(C)(=O)=O. The molecule has 1 aliphatic rings. The molecule has 240 valence electrons. The molecule has 1 aromatic rings. The number of benzene rings is 1. The zero-order valence-corrected chi connectivity index (χ0v) is 28.9. The van der Waals surface area contributed by atoms with E-state index in [4.69, 9.17) is 4.43 Å². The molecule has 1 fully saturated rings. The van der Waals surface area contributed by atoms with Gasteiger partial charge in [-0.25, -0.2) is 8.42 Å². The Morgan fingerprint density at radius 3 is 2.30 bits per heavy atom. The maximum absolute atomic E-state index is 13.6. The summed E-state index contributed by atoms with van der Waals surface area (Å²) in [5.41, 5.74) is 0.843. The first-order valence-corrected chi connectivity index (χ1v) is 20.1. The van der Waals surface area contributed by atoms with E-state index in [1.54, 1.807) is 6.08 Å². The molecule has 2 rings (SSSR count). The predicted molar refractivity (Wildman–Crippen MR) is 173 cm³/mol. The third kappa shape index (κ3) is 11.7. The molecule has 0 aromatic heterocycles. The molecule has 1 aliphatic heterocycles. The van der Waals surface area contributed by atoms with Gasteiger partial charge in [-0.1, -0.05) is 65.0 Å². The van der Waals surface area contributed by atoms with Gasteiger partial charge in [-0.05, 0) is 35.7 Å². The molecule has 1 heterocycles. The van der Waals surface area contributed by atoms with E-state index in [1.807, 2.05) is 62.0 Å². The highest BCUT2D eigenvalue weighted by Gasteiger charge is 2.41. The molecule has 3 atom stereocenters. The van der Waals surface area contributed by atoms with Crippen LogP contribution in [0.5, 0.6) is 0 Å². The van der Waals surface area contributed by atoms with Crippen molar-refractivity contribution in [2.75, 3.05) is 24.5 Å². The van der Waals surface area contributed by atoms with Gasteiger partial charge >= 0.3 is 0 Å². The summed E-state index contributed by atoms with van der Waals surface area (Å²) in [4.78, 5) is 53.8. The fraction of sp³-hybridized carbons (Fsp3) is 0.586. The van der Waals surface area contributed by atoms with Crippen LogP contribution in [0.3, 0.4) is 0 Å². The number of nitrogens with one attached hydrogen (secondary N) is 3. The van der Waals surface area contributed by atoms with Crippen LogP contribution in [0.15, 0.2) is 36.4 Å². The highest BCUT2D eigenvalue weighted by atomic mass is 32.2. The van der Waals surface area contributed by atoms with Crippen LogP contribution in [0.2, 0.25) is 18.1 Å². The molecular weight excluding hydrogens is 609 g/mol. The highest BCUT2D eigenvalue weighted by Crippen LogP contribution is 2.36. The summed E-state index contributed by atoms with van der Waals surface area (Å²) in [5.74, 6) is -1.72. The molecule has 43 heavy (non-hydrogen) atoms. The van der Waals surface area contributed by atoms with Crippen molar-refractivity contribution in [3.8, 4) is 0 Å². The van der Waals surface area contributed by atoms with E-state index in [0.717, 1.165) is 11.8 Å². The Hall–Kier alpha value is -2.68. The van der Waals surface area contributed by atoms with Crippen molar-refractivity contribution in [3.05, 3.63) is 42.0 Å². The van der Waals surface area contributed by atoms with Gasteiger partial charge in [0.15, 0.2) is 8.32 Å². The summed E-state index contributed by atoms with van der Waals surface area (Å²) < 4.78 is 31.4. The Morgan fingerprint density at radius 1 is 1.12 bits per heavy atom. The quantitative estimate of drug-likeness (QED) is 0.217. The molecule has 0 saturated carbocycles. The molecule has 14 heteroatoms. The second-order valence-electron chi connectivity index (χ2n) is 12.6. The van der Waals surface area contributed by atoms with Gasteiger partial charge in [0, 0.05) is 11.8 Å². The van der Waals surface area contributed by atoms with Crippen LogP contribution in [0.25, 0.3) is 6.08 Å². The average molecular weight is 655 g/mol. The minimum absolute atomic E-state index is 0.00560. The first-order valence-electron chi connectivity index (χ1n) is 14.2. The minimum Gasteiger partial charge on any atom is -0.415 e. The second-order valence-corrected chi connectivity index (χ2v) is 20.1. The molecule has 3 N–H and O–H groups in total. The van der Waals surface area contributed by atoms with Crippen LogP contribution < -0.4 is 15.4 Å². The van der Waals surface area contributed by atoms with Gasteiger partial charge < -0.3 is 20.0 Å². The standard InChI is InChI=1S/C29H46N4O7S2Si/c1-20(2)26(31-24(34)15-14-21-12-10-9-11-13-21)28(37)33-19-41-18-23(33)27(36)30-22(16-25(35)32-42(6,38)39)17-40-43(7,8)29(3,4)5/h9-15,20,22-23,26H,16-19H2,1-8H3,(H,30,36)(H,31,34)(H,32,35)/b15-14+/t22-,23-,26-/m0/s1. The van der Waals surface area contributed by atoms with E-state index < -0.39 is 54.2 Å². The number of rotatable bonds is 13. The van der Waals surface area contributed by atoms with Gasteiger partial charge in [0.2, 0.25) is 33.7 Å². The fourth-order valence-electron chi connectivity index (χ4n) is 3.95. The summed E-state index contributed by atoms with van der Waals surface area (Å²) >= 11 is 1.41. The smallest absolute Gasteiger partial charge is 0.246 e. The number of carbonyl (C=O) groups excluding carboxylic acids is 4. The lowest BCUT2D eigenvalue weighted by Gasteiger charge is -2.37. The Labute approximate surface area is 261 Å². The Balaban J connectivity index is 2.17. The van der Waals surface area contributed by atoms with Crippen LogP contribution in [0.1, 0.15) is 46.6 Å². The Bertz CT molecular complexity index is 1280. The van der Waals surface area contributed by atoms with E-state index in [2.05, 4.69) is 31.4 Å². The highest BCUT2D eigenvalue weighted by molar-refractivity contribution is 7.99. The molecule has 0 aliphatic carbocycles. The van der Waals surface area contributed by atoms with Crippen LogP contribution in [0, 0.1) is 5.92 Å². The lowest BCUT2D eigenvalue weighted by Crippen LogP contribution is -2.57. The van der Waals surface area contributed by atoms with Crippen LogP contribution in [-0.2, 0) is 33.6 Å². The summed E-state index contributed by atoms with van der Waals surface area (Å²) in [6.45, 7) is 13.9. The second kappa shape index (κ2) is 15.4. The number of hydrogen-bond donors (Lipinski definition) is 3. The largest absolute Gasteiger partial charge is 0.415 e. The predicted octanol–water partition coefficient (Wildman–Crippen LogP) is 2.71. The molecule has 1 aromatic carbocycles. The first kappa shape index (κ1) is 36.5. The number of nitrogens with zero attached hydrogens (tertiary/aromatic N) is 1. The normalized spacial score (nSPS) is 17.5. The summed E-state index contributed by atoms with van der Waals surface area (Å²) in [7, 11) is -6.05. The van der Waals surface area contributed by atoms with Gasteiger partial charge in [0.25, 0.3) is 0 Å². The van der Waals surface area contributed by atoms with Crippen molar-refractivity contribution in [1.29, 1.82) is 0 Å². The van der Waals surface area contributed by atoms with Crippen molar-refractivity contribution in [3.63, 3.8) is 0 Å². The van der Waals surface area contributed by atoms with E-state index in [9.17, 15) is 27.6 Å². The summed E-state index contributed by atoms with van der Waals surface area (Å²) in [5, 5.41) is 5.48. The molecule has 11 nitrogen and oxygen atoms in total. The molecule has 0 unspecified atom stereocenters. The van der Waals surface area contributed by atoms with Crippen molar-refractivity contribution >= 4 is 59.8 Å². The van der Waals surface area contributed by atoms with Crippen molar-refractivity contribution in [2.45, 2.75) is 77.3 Å². The fourth-order valence-corrected chi connectivity index (χ4v) is 6.67. The molecule has 0 radical (unpaired) electrons. The lowest BCUT2D eigenvalue weighted by molar-refractivity contribution is -0.142. The van der Waals surface area contributed by atoms with Gasteiger partial charge in [-0.3, -0.25) is 23.9 Å². The maximum atomic E-state index is 13.6. The van der Waals surface area contributed by atoms with E-state index in [-0.39, 0.29) is 35.8 Å². The summed E-state index contributed by atoms with van der Waals surface area (Å²) in [6.07, 6.45) is 3.59. The van der Waals surface area contributed by atoms with E-state index in [0.29, 0.717) is 5.75 Å². The van der Waals surface area contributed by atoms with Gasteiger partial charge in [-0.2, -0.15) is 0 Å². The van der Waals surface area contributed by atoms with Crippen LogP contribution in [-0.4, -0.2) is 87.9 Å². The van der Waals surface area contributed by atoms with Gasteiger partial charge in [0.05, 0.1) is 31.2 Å². The third-order valence-electron chi connectivity index (χ3n) is 7.45. The summed E-state index contributed by atoms with van der Waals surface area (Å²) in [6, 6.07) is 6.77. The molecular formula is C29H46N4O7S2Si. The van der Waals surface area contributed by atoms with Crippen LogP contribution >= 0.6 is 11.8 Å². The first-order chi connectivity index (χ1) is 19.8. The zero-order valence-electron chi connectivity index (χ0n) is 26.3. The number of amides is 4. The van der Waals surface area contributed by atoms with Gasteiger partial charge in [-0.15, -0.1) is 11.8 Å². The maximum Gasteiger partial charge on any atom is 0.246 e. The van der Waals surface area contributed by atoms with Crippen LogP contribution in [0.4, 0.5) is 0 Å². The van der Waals surface area contributed by atoms with E-state index in [1.165, 1.54) is 22.7 Å².